The number of nitrogens with zero attached hydrogens (tertiary/aromatic N) is 3. The van der Waals surface area contributed by atoms with Gasteiger partial charge in [0.25, 0.3) is 0 Å². The minimum Gasteiger partial charge on any atom is -0.477 e. The number of aliphatic carboxylic acids is 1. The highest BCUT2D eigenvalue weighted by Gasteiger charge is 2.26. The fourth-order valence-corrected chi connectivity index (χ4v) is 2.16. The number of allylic oxidation sites excluding steroid dienone is 1. The van der Waals surface area contributed by atoms with Gasteiger partial charge in [-0.15, -0.1) is 5.10 Å². The first-order valence-corrected chi connectivity index (χ1v) is 6.12. The number of nitrogens with one attached hydrogen (secondary N) is 1. The molecule has 1 atom stereocenters. The normalized spacial score (nSPS) is 17.1. The zero-order valence-electron chi connectivity index (χ0n) is 10.1. The molecule has 0 spiro atoms. The minimum absolute atomic E-state index is 0.0323. The number of halogens is 1. The zero-order valence-corrected chi connectivity index (χ0v) is 10.9. The molecule has 8 heteroatoms. The highest BCUT2D eigenvalue weighted by Crippen LogP contribution is 2.29. The van der Waals surface area contributed by atoms with E-state index in [1.54, 1.807) is 30.3 Å². The topological polar surface area (TPSA) is 106 Å². The number of aromatic nitrogens is 3. The first-order valence-electron chi connectivity index (χ1n) is 5.74. The van der Waals surface area contributed by atoms with E-state index in [-0.39, 0.29) is 11.6 Å². The van der Waals surface area contributed by atoms with Crippen LogP contribution in [0.1, 0.15) is 11.6 Å². The first kappa shape index (κ1) is 12.5. The Balaban J connectivity index is 2.11. The van der Waals surface area contributed by atoms with Crippen molar-refractivity contribution >= 4 is 29.5 Å². The molecule has 1 aromatic heterocycles. The predicted molar refractivity (Wildman–Crippen MR) is 73.4 cm³/mol. The lowest BCUT2D eigenvalue weighted by Crippen LogP contribution is -2.24. The number of carboxylic acids is 1. The van der Waals surface area contributed by atoms with Gasteiger partial charge in [0.05, 0.1) is 0 Å². The number of hydrogen-bond donors (Lipinski definition) is 3. The summed E-state index contributed by atoms with van der Waals surface area (Å²) in [5.41, 5.74) is 6.44. The number of anilines is 2. The second kappa shape index (κ2) is 4.53. The highest BCUT2D eigenvalue weighted by atomic mass is 35.5. The lowest BCUT2D eigenvalue weighted by Gasteiger charge is -2.22. The molecule has 1 aromatic carbocycles. The van der Waals surface area contributed by atoms with Gasteiger partial charge in [-0.2, -0.15) is 4.98 Å². The third-order valence-electron chi connectivity index (χ3n) is 2.92. The Hall–Kier alpha value is -2.54. The molecule has 0 amide bonds. The van der Waals surface area contributed by atoms with Crippen molar-refractivity contribution in [1.82, 2.24) is 14.8 Å². The van der Waals surface area contributed by atoms with Gasteiger partial charge in [0.2, 0.25) is 11.9 Å². The van der Waals surface area contributed by atoms with Crippen LogP contribution in [0.25, 0.3) is 0 Å². The molecule has 0 unspecified atom stereocenters. The lowest BCUT2D eigenvalue weighted by atomic mass is 10.0. The molecule has 0 aliphatic carbocycles. The van der Waals surface area contributed by atoms with Crippen molar-refractivity contribution in [3.63, 3.8) is 0 Å². The number of nitrogen functional groups attached to an aromatic ring is 1. The number of hydrogen-bond acceptors (Lipinski definition) is 5. The van der Waals surface area contributed by atoms with Gasteiger partial charge in [0, 0.05) is 5.02 Å². The van der Waals surface area contributed by atoms with Crippen molar-refractivity contribution < 1.29 is 9.90 Å². The van der Waals surface area contributed by atoms with Crippen LogP contribution >= 0.6 is 11.6 Å². The van der Waals surface area contributed by atoms with E-state index in [1.807, 2.05) is 0 Å². The Bertz CT molecular complexity index is 707. The van der Waals surface area contributed by atoms with Gasteiger partial charge in [0.15, 0.2) is 0 Å². The van der Waals surface area contributed by atoms with Gasteiger partial charge in [-0.25, -0.2) is 9.48 Å². The summed E-state index contributed by atoms with van der Waals surface area (Å²) in [6, 6.07) is 6.66. The van der Waals surface area contributed by atoms with Crippen LogP contribution in [0.3, 0.4) is 0 Å². The van der Waals surface area contributed by atoms with E-state index < -0.39 is 12.0 Å². The summed E-state index contributed by atoms with van der Waals surface area (Å²) in [5, 5.41) is 16.5. The van der Waals surface area contributed by atoms with Crippen molar-refractivity contribution in [2.24, 2.45) is 0 Å². The third-order valence-corrected chi connectivity index (χ3v) is 3.18. The van der Waals surface area contributed by atoms with E-state index >= 15 is 0 Å². The summed E-state index contributed by atoms with van der Waals surface area (Å²) in [5.74, 6) is -0.703. The van der Waals surface area contributed by atoms with Gasteiger partial charge >= 0.3 is 5.97 Å². The van der Waals surface area contributed by atoms with Gasteiger partial charge in [0.1, 0.15) is 11.7 Å². The molecule has 0 fully saturated rings. The highest BCUT2D eigenvalue weighted by molar-refractivity contribution is 6.30. The van der Waals surface area contributed by atoms with Gasteiger partial charge < -0.3 is 16.2 Å². The molecule has 0 saturated carbocycles. The monoisotopic (exact) mass is 291 g/mol. The average molecular weight is 292 g/mol. The molecule has 3 rings (SSSR count). The molecule has 4 N–H and O–H groups in total. The first-order chi connectivity index (χ1) is 9.54. The van der Waals surface area contributed by atoms with E-state index in [1.165, 1.54) is 4.68 Å². The zero-order chi connectivity index (χ0) is 14.3. The minimum atomic E-state index is -1.07. The molecule has 1 aliphatic rings. The standard InChI is InChI=1S/C12H10ClN5O2/c13-7-3-1-6(2-4-7)9-5-8(10(19)20)15-12-16-11(14)17-18(9)12/h1-5,9H,(H,19,20)(H3,14,15,16,17)/t9-/m1/s1. The van der Waals surface area contributed by atoms with Crippen LogP contribution in [0.15, 0.2) is 36.0 Å². The van der Waals surface area contributed by atoms with Crippen molar-refractivity contribution in [2.45, 2.75) is 6.04 Å². The van der Waals surface area contributed by atoms with E-state index in [0.29, 0.717) is 11.0 Å². The second-order valence-electron chi connectivity index (χ2n) is 4.25. The van der Waals surface area contributed by atoms with Crippen LogP contribution in [0, 0.1) is 0 Å². The quantitative estimate of drug-likeness (QED) is 0.774. The average Bonchev–Trinajstić information content (AvgIpc) is 2.78. The molecular formula is C12H10ClN5O2. The van der Waals surface area contributed by atoms with E-state index in [9.17, 15) is 4.79 Å². The molecule has 0 saturated heterocycles. The van der Waals surface area contributed by atoms with Crippen LogP contribution in [0.2, 0.25) is 5.02 Å². The Labute approximate surface area is 118 Å². The Morgan fingerprint density at radius 1 is 1.40 bits per heavy atom. The van der Waals surface area contributed by atoms with Gasteiger partial charge in [-0.3, -0.25) is 0 Å². The Kier molecular flexibility index (Phi) is 2.83. The fourth-order valence-electron chi connectivity index (χ4n) is 2.03. The molecule has 20 heavy (non-hydrogen) atoms. The predicted octanol–water partition coefficient (Wildman–Crippen LogP) is 1.50. The molecule has 7 nitrogen and oxygen atoms in total. The molecule has 0 bridgehead atoms. The number of fused-ring (bicyclic) bond motifs is 1. The maximum absolute atomic E-state index is 11.2. The van der Waals surface area contributed by atoms with Crippen molar-refractivity contribution in [2.75, 3.05) is 11.1 Å². The molecule has 1 aliphatic heterocycles. The van der Waals surface area contributed by atoms with Crippen molar-refractivity contribution in [1.29, 1.82) is 0 Å². The Morgan fingerprint density at radius 2 is 2.10 bits per heavy atom. The summed E-state index contributed by atoms with van der Waals surface area (Å²) < 4.78 is 1.53. The molecule has 2 heterocycles. The summed E-state index contributed by atoms with van der Waals surface area (Å²) in [6.07, 6.45) is 1.55. The molecule has 2 aromatic rings. The van der Waals surface area contributed by atoms with Crippen LogP contribution in [0.4, 0.5) is 11.9 Å². The number of benzene rings is 1. The second-order valence-corrected chi connectivity index (χ2v) is 4.68. The maximum Gasteiger partial charge on any atom is 0.352 e. The largest absolute Gasteiger partial charge is 0.477 e. The van der Waals surface area contributed by atoms with Crippen molar-refractivity contribution in [3.05, 3.63) is 46.6 Å². The third kappa shape index (κ3) is 2.08. The summed E-state index contributed by atoms with van der Waals surface area (Å²) in [6.45, 7) is 0. The van der Waals surface area contributed by atoms with E-state index in [2.05, 4.69) is 15.4 Å². The number of carbonyl (C=O) groups is 1. The Morgan fingerprint density at radius 3 is 2.75 bits per heavy atom. The summed E-state index contributed by atoms with van der Waals surface area (Å²) in [7, 11) is 0. The number of carboxylic acid groups (broad SMARTS) is 1. The number of rotatable bonds is 2. The number of nitrogens with two attached hydrogens (primary N) is 1. The molecule has 0 radical (unpaired) electrons. The van der Waals surface area contributed by atoms with Crippen LogP contribution in [-0.2, 0) is 4.79 Å². The van der Waals surface area contributed by atoms with Crippen LogP contribution in [0.5, 0.6) is 0 Å². The summed E-state index contributed by atoms with van der Waals surface area (Å²) >= 11 is 5.86. The van der Waals surface area contributed by atoms with E-state index in [0.717, 1.165) is 5.56 Å². The van der Waals surface area contributed by atoms with E-state index in [4.69, 9.17) is 22.4 Å². The SMILES string of the molecule is Nc1nc2n(n1)[C@@H](c1ccc(Cl)cc1)C=C(C(=O)O)N2. The maximum atomic E-state index is 11.2. The smallest absolute Gasteiger partial charge is 0.352 e. The van der Waals surface area contributed by atoms with Gasteiger partial charge in [-0.05, 0) is 23.8 Å². The summed E-state index contributed by atoms with van der Waals surface area (Å²) in [4.78, 5) is 15.1. The molecular weight excluding hydrogens is 282 g/mol. The van der Waals surface area contributed by atoms with Crippen LogP contribution < -0.4 is 11.1 Å². The van der Waals surface area contributed by atoms with Crippen molar-refractivity contribution in [3.8, 4) is 0 Å². The lowest BCUT2D eigenvalue weighted by molar-refractivity contribution is -0.132. The van der Waals surface area contributed by atoms with Crippen LogP contribution in [-0.4, -0.2) is 25.8 Å². The fraction of sp³-hybridized carbons (Fsp3) is 0.0833. The van der Waals surface area contributed by atoms with Gasteiger partial charge in [-0.1, -0.05) is 23.7 Å². The molecule has 102 valence electrons.